The number of halogens is 3. The van der Waals surface area contributed by atoms with E-state index >= 15 is 0 Å². The molecule has 0 bridgehead atoms. The minimum atomic E-state index is -4.87. The van der Waals surface area contributed by atoms with Crippen LogP contribution in [-0.4, -0.2) is 32.9 Å². The minimum absolute atomic E-state index is 0.0692. The normalized spacial score (nSPS) is 16.8. The van der Waals surface area contributed by atoms with Crippen LogP contribution in [0.2, 0.25) is 0 Å². The summed E-state index contributed by atoms with van der Waals surface area (Å²) in [7, 11) is 0. The van der Waals surface area contributed by atoms with Gasteiger partial charge in [0.05, 0.1) is 0 Å². The third-order valence-electron chi connectivity index (χ3n) is 2.95. The summed E-state index contributed by atoms with van der Waals surface area (Å²) in [5.41, 5.74) is -0.792. The van der Waals surface area contributed by atoms with E-state index in [1.807, 2.05) is 0 Å². The molecule has 0 aliphatic heterocycles. The van der Waals surface area contributed by atoms with Gasteiger partial charge >= 0.3 is 12.1 Å². The van der Waals surface area contributed by atoms with Crippen molar-refractivity contribution in [3.8, 4) is 5.88 Å². The van der Waals surface area contributed by atoms with Crippen molar-refractivity contribution in [2.45, 2.75) is 38.0 Å². The third kappa shape index (κ3) is 3.89. The van der Waals surface area contributed by atoms with E-state index in [0.29, 0.717) is 12.8 Å². The minimum Gasteiger partial charge on any atom is -0.477 e. The first-order valence-electron chi connectivity index (χ1n) is 6.13. The van der Waals surface area contributed by atoms with Gasteiger partial charge in [-0.15, -0.1) is 0 Å². The van der Waals surface area contributed by atoms with Crippen LogP contribution >= 0.6 is 0 Å². The van der Waals surface area contributed by atoms with Crippen LogP contribution in [0.25, 0.3) is 0 Å². The molecular formula is C12H11F3N2O4. The van der Waals surface area contributed by atoms with Crippen LogP contribution in [0.3, 0.4) is 0 Å². The molecule has 1 saturated carbocycles. The molecule has 0 spiro atoms. The Morgan fingerprint density at radius 2 is 1.90 bits per heavy atom. The van der Waals surface area contributed by atoms with E-state index in [9.17, 15) is 22.8 Å². The Morgan fingerprint density at radius 3 is 2.43 bits per heavy atom. The molecule has 0 radical (unpaired) electrons. The molecule has 0 atom stereocenters. The first kappa shape index (κ1) is 15.2. The van der Waals surface area contributed by atoms with Crippen molar-refractivity contribution in [3.05, 3.63) is 17.6 Å². The maximum absolute atomic E-state index is 12.6. The average Bonchev–Trinajstić information content (AvgIpc) is 2.40. The molecule has 21 heavy (non-hydrogen) atoms. The molecule has 1 aromatic rings. The average molecular weight is 304 g/mol. The van der Waals surface area contributed by atoms with Gasteiger partial charge in [0.2, 0.25) is 11.7 Å². The SMILES string of the molecule is O=C1CCC(Oc2cc(C(=O)O)nc(C(F)(F)F)n2)CC1. The number of ketones is 1. The lowest BCUT2D eigenvalue weighted by Gasteiger charge is -2.22. The zero-order valence-corrected chi connectivity index (χ0v) is 10.7. The number of carbonyl (C=O) groups excluding carboxylic acids is 1. The van der Waals surface area contributed by atoms with Crippen LogP contribution < -0.4 is 4.74 Å². The van der Waals surface area contributed by atoms with E-state index < -0.39 is 35.6 Å². The number of aromatic carboxylic acids is 1. The molecule has 1 N–H and O–H groups in total. The van der Waals surface area contributed by atoms with E-state index in [1.54, 1.807) is 0 Å². The van der Waals surface area contributed by atoms with Crippen molar-refractivity contribution in [2.75, 3.05) is 0 Å². The van der Waals surface area contributed by atoms with Gasteiger partial charge in [0, 0.05) is 18.9 Å². The number of hydrogen-bond acceptors (Lipinski definition) is 5. The second-order valence-electron chi connectivity index (χ2n) is 4.57. The number of aromatic nitrogens is 2. The first-order valence-corrected chi connectivity index (χ1v) is 6.13. The van der Waals surface area contributed by atoms with Crippen molar-refractivity contribution in [2.24, 2.45) is 0 Å². The Hall–Kier alpha value is -2.19. The summed E-state index contributed by atoms with van der Waals surface area (Å²) in [6.07, 6.45) is -4.02. The highest BCUT2D eigenvalue weighted by molar-refractivity contribution is 5.85. The van der Waals surface area contributed by atoms with Crippen LogP contribution in [0.15, 0.2) is 6.07 Å². The smallest absolute Gasteiger partial charge is 0.451 e. The molecule has 1 aliphatic rings. The molecule has 9 heteroatoms. The Labute approximate surface area is 117 Å². The number of carbonyl (C=O) groups is 2. The Morgan fingerprint density at radius 1 is 1.29 bits per heavy atom. The topological polar surface area (TPSA) is 89.4 Å². The van der Waals surface area contributed by atoms with Crippen LogP contribution in [0.5, 0.6) is 5.88 Å². The van der Waals surface area contributed by atoms with Gasteiger partial charge in [-0.2, -0.15) is 18.2 Å². The second kappa shape index (κ2) is 5.66. The highest BCUT2D eigenvalue weighted by Crippen LogP contribution is 2.29. The van der Waals surface area contributed by atoms with Gasteiger partial charge in [-0.1, -0.05) is 0 Å². The maximum Gasteiger partial charge on any atom is 0.451 e. The first-order chi connectivity index (χ1) is 9.75. The fourth-order valence-corrected chi connectivity index (χ4v) is 1.92. The molecule has 114 valence electrons. The van der Waals surface area contributed by atoms with Crippen LogP contribution in [0.1, 0.15) is 42.0 Å². The quantitative estimate of drug-likeness (QED) is 0.919. The lowest BCUT2D eigenvalue weighted by Crippen LogP contribution is -2.25. The van der Waals surface area contributed by atoms with Gasteiger partial charge in [-0.05, 0) is 12.8 Å². The van der Waals surface area contributed by atoms with Gasteiger partial charge < -0.3 is 9.84 Å². The Balaban J connectivity index is 2.24. The lowest BCUT2D eigenvalue weighted by molar-refractivity contribution is -0.145. The van der Waals surface area contributed by atoms with Gasteiger partial charge in [-0.3, -0.25) is 4.79 Å². The fourth-order valence-electron chi connectivity index (χ4n) is 1.92. The largest absolute Gasteiger partial charge is 0.477 e. The number of carboxylic acid groups (broad SMARTS) is 1. The second-order valence-corrected chi connectivity index (χ2v) is 4.57. The number of ether oxygens (including phenoxy) is 1. The van der Waals surface area contributed by atoms with Gasteiger partial charge in [0.15, 0.2) is 5.69 Å². The van der Waals surface area contributed by atoms with Crippen LogP contribution in [0.4, 0.5) is 13.2 Å². The zero-order chi connectivity index (χ0) is 15.6. The monoisotopic (exact) mass is 304 g/mol. The lowest BCUT2D eigenvalue weighted by atomic mass is 9.96. The zero-order valence-electron chi connectivity index (χ0n) is 10.7. The van der Waals surface area contributed by atoms with Crippen molar-refractivity contribution in [1.29, 1.82) is 0 Å². The summed E-state index contributed by atoms with van der Waals surface area (Å²) in [5.74, 6) is -3.55. The van der Waals surface area contributed by atoms with Gasteiger partial charge in [0.25, 0.3) is 0 Å². The van der Waals surface area contributed by atoms with Crippen molar-refractivity contribution in [1.82, 2.24) is 9.97 Å². The molecule has 0 unspecified atom stereocenters. The summed E-state index contributed by atoms with van der Waals surface area (Å²) in [6, 6.07) is 0.841. The number of Topliss-reactive ketones (excluding diaryl/α,β-unsaturated/α-hetero) is 1. The predicted molar refractivity (Wildman–Crippen MR) is 61.9 cm³/mol. The van der Waals surface area contributed by atoms with E-state index in [1.165, 1.54) is 0 Å². The summed E-state index contributed by atoms with van der Waals surface area (Å²) < 4.78 is 43.1. The molecular weight excluding hydrogens is 293 g/mol. The third-order valence-corrected chi connectivity index (χ3v) is 2.95. The summed E-state index contributed by atoms with van der Waals surface area (Å²) in [5, 5.41) is 8.78. The van der Waals surface area contributed by atoms with E-state index in [-0.39, 0.29) is 18.6 Å². The molecule has 2 rings (SSSR count). The van der Waals surface area contributed by atoms with Crippen molar-refractivity contribution >= 4 is 11.8 Å². The Kier molecular flexibility index (Phi) is 4.10. The maximum atomic E-state index is 12.6. The van der Waals surface area contributed by atoms with Crippen molar-refractivity contribution < 1.29 is 32.6 Å². The molecule has 0 amide bonds. The number of nitrogens with zero attached hydrogens (tertiary/aromatic N) is 2. The highest BCUT2D eigenvalue weighted by Gasteiger charge is 2.36. The molecule has 1 aliphatic carbocycles. The Bertz CT molecular complexity index is 564. The predicted octanol–water partition coefficient (Wildman–Crippen LogP) is 2.08. The van der Waals surface area contributed by atoms with Crippen molar-refractivity contribution in [3.63, 3.8) is 0 Å². The summed E-state index contributed by atoms with van der Waals surface area (Å²) in [4.78, 5) is 28.0. The molecule has 1 aromatic heterocycles. The molecule has 0 aromatic carbocycles. The molecule has 0 saturated heterocycles. The standard InChI is InChI=1S/C12H11F3N2O4/c13-12(14,15)11-16-8(10(19)20)5-9(17-11)21-7-3-1-6(18)2-4-7/h5,7H,1-4H2,(H,19,20). The number of carboxylic acids is 1. The highest BCUT2D eigenvalue weighted by atomic mass is 19.4. The molecule has 1 fully saturated rings. The molecule has 6 nitrogen and oxygen atoms in total. The number of hydrogen-bond donors (Lipinski definition) is 1. The van der Waals surface area contributed by atoms with Crippen LogP contribution in [0, 0.1) is 0 Å². The van der Waals surface area contributed by atoms with Crippen LogP contribution in [-0.2, 0) is 11.0 Å². The molecule has 1 heterocycles. The van der Waals surface area contributed by atoms with Gasteiger partial charge in [-0.25, -0.2) is 9.78 Å². The number of rotatable bonds is 3. The summed E-state index contributed by atoms with van der Waals surface area (Å²) >= 11 is 0. The fraction of sp³-hybridized carbons (Fsp3) is 0.500. The summed E-state index contributed by atoms with van der Waals surface area (Å²) in [6.45, 7) is 0. The van der Waals surface area contributed by atoms with E-state index in [0.717, 1.165) is 6.07 Å². The number of alkyl halides is 3. The van der Waals surface area contributed by atoms with E-state index in [4.69, 9.17) is 9.84 Å². The van der Waals surface area contributed by atoms with Gasteiger partial charge in [0.1, 0.15) is 11.9 Å². The van der Waals surface area contributed by atoms with E-state index in [2.05, 4.69) is 9.97 Å².